The summed E-state index contributed by atoms with van der Waals surface area (Å²) < 4.78 is 0.858. The van der Waals surface area contributed by atoms with Crippen LogP contribution in [0.5, 0.6) is 0 Å². The Morgan fingerprint density at radius 3 is 2.53 bits per heavy atom. The summed E-state index contributed by atoms with van der Waals surface area (Å²) >= 11 is 4.09. The molecule has 0 spiro atoms. The molecule has 0 unspecified atom stereocenters. The number of carboxylic acids is 1. The number of thiophene rings is 1. The van der Waals surface area contributed by atoms with Gasteiger partial charge >= 0.3 is 11.7 Å². The van der Waals surface area contributed by atoms with Crippen LogP contribution in [0.4, 0.5) is 17.1 Å². The summed E-state index contributed by atoms with van der Waals surface area (Å²) in [6.45, 7) is 0. The maximum Gasteiger partial charge on any atom is 0.348 e. The predicted octanol–water partition coefficient (Wildman–Crippen LogP) is 3.86. The van der Waals surface area contributed by atoms with E-state index in [2.05, 4.69) is 21.2 Å². The normalized spacial score (nSPS) is 10.2. The molecule has 0 aliphatic carbocycles. The van der Waals surface area contributed by atoms with E-state index < -0.39 is 10.9 Å². The number of anilines is 2. The van der Waals surface area contributed by atoms with Crippen LogP contribution in [0.15, 0.2) is 34.1 Å². The number of carboxylic acid groups (broad SMARTS) is 1. The second-order valence-electron chi connectivity index (χ2n) is 3.52. The predicted molar refractivity (Wildman–Crippen MR) is 75.4 cm³/mol. The Morgan fingerprint density at radius 1 is 1.37 bits per heavy atom. The van der Waals surface area contributed by atoms with Crippen LogP contribution < -0.4 is 5.32 Å². The third kappa shape index (κ3) is 2.91. The van der Waals surface area contributed by atoms with E-state index in [0.29, 0.717) is 5.69 Å². The third-order valence-electron chi connectivity index (χ3n) is 2.28. The summed E-state index contributed by atoms with van der Waals surface area (Å²) in [4.78, 5) is 21.2. The average Bonchev–Trinajstić information content (AvgIpc) is 2.76. The Balaban J connectivity index is 2.42. The first-order chi connectivity index (χ1) is 8.99. The standard InChI is InChI=1S/C11H7BrN2O4S/c12-6-1-3-7(4-2-6)13-9-8(14(17)18)5-19-10(9)11(15)16/h1-5,13H,(H,15,16). The lowest BCUT2D eigenvalue weighted by Crippen LogP contribution is -2.01. The molecule has 2 rings (SSSR count). The maximum absolute atomic E-state index is 11.0. The minimum atomic E-state index is -1.20. The molecule has 8 heteroatoms. The SMILES string of the molecule is O=C(O)c1scc([N+](=O)[O-])c1Nc1ccc(Br)cc1. The number of hydrogen-bond donors (Lipinski definition) is 2. The van der Waals surface area contributed by atoms with Crippen LogP contribution in [0, 0.1) is 10.1 Å². The number of halogens is 1. The molecule has 1 heterocycles. The fraction of sp³-hybridized carbons (Fsp3) is 0. The van der Waals surface area contributed by atoms with Gasteiger partial charge in [-0.05, 0) is 24.3 Å². The fourth-order valence-electron chi connectivity index (χ4n) is 1.44. The van der Waals surface area contributed by atoms with Gasteiger partial charge in [-0.3, -0.25) is 10.1 Å². The summed E-state index contributed by atoms with van der Waals surface area (Å²) in [7, 11) is 0. The van der Waals surface area contributed by atoms with Crippen LogP contribution in [-0.4, -0.2) is 16.0 Å². The van der Waals surface area contributed by atoms with Gasteiger partial charge in [0.15, 0.2) is 0 Å². The van der Waals surface area contributed by atoms with Crippen LogP contribution in [-0.2, 0) is 0 Å². The smallest absolute Gasteiger partial charge is 0.348 e. The van der Waals surface area contributed by atoms with Gasteiger partial charge in [-0.1, -0.05) is 15.9 Å². The van der Waals surface area contributed by atoms with Crippen LogP contribution in [0.1, 0.15) is 9.67 Å². The Morgan fingerprint density at radius 2 is 2.00 bits per heavy atom. The first kappa shape index (κ1) is 13.5. The van der Waals surface area contributed by atoms with E-state index in [4.69, 9.17) is 5.11 Å². The van der Waals surface area contributed by atoms with E-state index in [1.54, 1.807) is 24.3 Å². The van der Waals surface area contributed by atoms with Gasteiger partial charge in [0.25, 0.3) is 0 Å². The molecule has 0 fully saturated rings. The third-order valence-corrected chi connectivity index (χ3v) is 3.76. The molecular weight excluding hydrogens is 336 g/mol. The Hall–Kier alpha value is -1.93. The van der Waals surface area contributed by atoms with Gasteiger partial charge in [0.2, 0.25) is 0 Å². The van der Waals surface area contributed by atoms with Crippen molar-refractivity contribution in [1.82, 2.24) is 0 Å². The zero-order valence-corrected chi connectivity index (χ0v) is 11.7. The summed E-state index contributed by atoms with van der Waals surface area (Å²) in [5.74, 6) is -1.20. The molecule has 6 nitrogen and oxygen atoms in total. The minimum Gasteiger partial charge on any atom is -0.477 e. The lowest BCUT2D eigenvalue weighted by Gasteiger charge is -2.05. The molecule has 2 aromatic rings. The molecular formula is C11H7BrN2O4S. The molecule has 0 bridgehead atoms. The van der Waals surface area contributed by atoms with Gasteiger partial charge in [0.05, 0.1) is 10.3 Å². The van der Waals surface area contributed by atoms with Crippen LogP contribution in [0.3, 0.4) is 0 Å². The molecule has 0 atom stereocenters. The van der Waals surface area contributed by atoms with Crippen molar-refractivity contribution in [2.45, 2.75) is 0 Å². The highest BCUT2D eigenvalue weighted by Gasteiger charge is 2.24. The van der Waals surface area contributed by atoms with Crippen molar-refractivity contribution in [3.8, 4) is 0 Å². The highest BCUT2D eigenvalue weighted by molar-refractivity contribution is 9.10. The molecule has 1 aromatic carbocycles. The van der Waals surface area contributed by atoms with E-state index >= 15 is 0 Å². The Kier molecular flexibility index (Phi) is 3.82. The van der Waals surface area contributed by atoms with Gasteiger partial charge < -0.3 is 10.4 Å². The van der Waals surface area contributed by atoms with E-state index in [0.717, 1.165) is 15.8 Å². The number of benzene rings is 1. The lowest BCUT2D eigenvalue weighted by molar-refractivity contribution is -0.383. The second-order valence-corrected chi connectivity index (χ2v) is 5.31. The van der Waals surface area contributed by atoms with Crippen molar-refractivity contribution in [3.63, 3.8) is 0 Å². The highest BCUT2D eigenvalue weighted by atomic mass is 79.9. The number of carbonyl (C=O) groups is 1. The summed E-state index contributed by atoms with van der Waals surface area (Å²) in [6, 6.07) is 6.89. The van der Waals surface area contributed by atoms with E-state index in [1.807, 2.05) is 0 Å². The number of nitrogens with one attached hydrogen (secondary N) is 1. The fourth-order valence-corrected chi connectivity index (χ4v) is 2.51. The van der Waals surface area contributed by atoms with Crippen molar-refractivity contribution in [1.29, 1.82) is 0 Å². The molecule has 98 valence electrons. The Bertz CT molecular complexity index is 607. The van der Waals surface area contributed by atoms with E-state index in [9.17, 15) is 14.9 Å². The van der Waals surface area contributed by atoms with Gasteiger partial charge in [-0.2, -0.15) is 0 Å². The molecule has 0 saturated carbocycles. The number of rotatable bonds is 4. The van der Waals surface area contributed by atoms with Crippen molar-refractivity contribution < 1.29 is 14.8 Å². The van der Waals surface area contributed by atoms with Crippen molar-refractivity contribution >= 4 is 50.3 Å². The number of nitrogens with zero attached hydrogens (tertiary/aromatic N) is 1. The lowest BCUT2D eigenvalue weighted by atomic mass is 10.3. The quantitative estimate of drug-likeness (QED) is 0.650. The van der Waals surface area contributed by atoms with Crippen LogP contribution in [0.25, 0.3) is 0 Å². The minimum absolute atomic E-state index is 0.00447. The van der Waals surface area contributed by atoms with Gasteiger partial charge in [-0.15, -0.1) is 11.3 Å². The van der Waals surface area contributed by atoms with Crippen molar-refractivity contribution in [2.75, 3.05) is 5.32 Å². The second kappa shape index (κ2) is 5.37. The molecule has 1 aromatic heterocycles. The first-order valence-electron chi connectivity index (χ1n) is 5.01. The van der Waals surface area contributed by atoms with Crippen LogP contribution >= 0.6 is 27.3 Å². The van der Waals surface area contributed by atoms with Gasteiger partial charge in [0, 0.05) is 10.2 Å². The average molecular weight is 343 g/mol. The summed E-state index contributed by atoms with van der Waals surface area (Å²) in [6.07, 6.45) is 0. The molecule has 2 N–H and O–H groups in total. The van der Waals surface area contributed by atoms with E-state index in [-0.39, 0.29) is 16.3 Å². The molecule has 0 saturated heterocycles. The van der Waals surface area contributed by atoms with E-state index in [1.165, 1.54) is 5.38 Å². The molecule has 0 aliphatic heterocycles. The zero-order valence-electron chi connectivity index (χ0n) is 9.29. The topological polar surface area (TPSA) is 92.5 Å². The highest BCUT2D eigenvalue weighted by Crippen LogP contribution is 2.36. The molecule has 0 radical (unpaired) electrons. The zero-order chi connectivity index (χ0) is 14.0. The number of nitro groups is 1. The van der Waals surface area contributed by atoms with Crippen molar-refractivity contribution in [3.05, 3.63) is 49.1 Å². The summed E-state index contributed by atoms with van der Waals surface area (Å²) in [5.41, 5.74) is 0.336. The van der Waals surface area contributed by atoms with Crippen LogP contribution in [0.2, 0.25) is 0 Å². The monoisotopic (exact) mass is 342 g/mol. The number of hydrogen-bond acceptors (Lipinski definition) is 5. The summed E-state index contributed by atoms with van der Waals surface area (Å²) in [5, 5.41) is 23.9. The molecule has 0 aliphatic rings. The number of aromatic carboxylic acids is 1. The van der Waals surface area contributed by atoms with Crippen molar-refractivity contribution in [2.24, 2.45) is 0 Å². The molecule has 19 heavy (non-hydrogen) atoms. The first-order valence-corrected chi connectivity index (χ1v) is 6.68. The molecule has 0 amide bonds. The Labute approximate surface area is 120 Å². The largest absolute Gasteiger partial charge is 0.477 e. The van der Waals surface area contributed by atoms with Gasteiger partial charge in [-0.25, -0.2) is 4.79 Å². The van der Waals surface area contributed by atoms with Gasteiger partial charge in [0.1, 0.15) is 10.6 Å². The maximum atomic E-state index is 11.0.